The Labute approximate surface area is 113 Å². The lowest BCUT2D eigenvalue weighted by molar-refractivity contribution is 0.270. The number of aryl methyl sites for hydroxylation is 1. The number of aromatic nitrogens is 2. The summed E-state index contributed by atoms with van der Waals surface area (Å²) >= 11 is 0. The number of nitrogens with zero attached hydrogens (tertiary/aromatic N) is 2. The maximum atomic E-state index is 5.57. The lowest BCUT2D eigenvalue weighted by Crippen LogP contribution is -2.34. The molecule has 0 amide bonds. The first kappa shape index (κ1) is 13.7. The topological polar surface area (TPSA) is 52.2 Å². The van der Waals surface area contributed by atoms with Gasteiger partial charge in [0.15, 0.2) is 5.75 Å². The van der Waals surface area contributed by atoms with Gasteiger partial charge in [0.1, 0.15) is 12.4 Å². The average Bonchev–Trinajstić information content (AvgIpc) is 2.92. The third kappa shape index (κ3) is 4.44. The van der Waals surface area contributed by atoms with Gasteiger partial charge in [0, 0.05) is 24.7 Å². The van der Waals surface area contributed by atoms with Crippen molar-refractivity contribution >= 4 is 0 Å². The quantitative estimate of drug-likeness (QED) is 0.900. The highest BCUT2D eigenvalue weighted by Crippen LogP contribution is 2.14. The van der Waals surface area contributed by atoms with Crippen LogP contribution in [0.25, 0.3) is 0 Å². The van der Waals surface area contributed by atoms with Crippen molar-refractivity contribution in [2.24, 2.45) is 7.05 Å². The number of hydrogen-bond acceptors (Lipinski definition) is 4. The predicted octanol–water partition coefficient (Wildman–Crippen LogP) is 2.48. The number of furan rings is 1. The van der Waals surface area contributed by atoms with Crippen LogP contribution in [-0.4, -0.2) is 15.3 Å². The molecule has 19 heavy (non-hydrogen) atoms. The predicted molar refractivity (Wildman–Crippen MR) is 72.8 cm³/mol. The molecule has 0 spiro atoms. The molecule has 2 heterocycles. The number of rotatable bonds is 5. The van der Waals surface area contributed by atoms with Gasteiger partial charge in [-0.1, -0.05) is 0 Å². The van der Waals surface area contributed by atoms with Gasteiger partial charge < -0.3 is 14.5 Å². The Morgan fingerprint density at radius 2 is 2.21 bits per heavy atom. The minimum absolute atomic E-state index is 0.101. The Morgan fingerprint density at radius 3 is 2.84 bits per heavy atom. The Bertz CT molecular complexity index is 523. The summed E-state index contributed by atoms with van der Waals surface area (Å²) in [7, 11) is 1.86. The van der Waals surface area contributed by atoms with E-state index < -0.39 is 0 Å². The van der Waals surface area contributed by atoms with Gasteiger partial charge in [0.2, 0.25) is 0 Å². The van der Waals surface area contributed by atoms with Crippen LogP contribution in [0.2, 0.25) is 0 Å². The summed E-state index contributed by atoms with van der Waals surface area (Å²) < 4.78 is 12.7. The molecule has 0 aromatic carbocycles. The monoisotopic (exact) mass is 263 g/mol. The minimum atomic E-state index is 0.101. The molecule has 0 saturated heterocycles. The van der Waals surface area contributed by atoms with Crippen molar-refractivity contribution in [2.75, 3.05) is 0 Å². The Hall–Kier alpha value is -1.75. The van der Waals surface area contributed by atoms with Crippen LogP contribution < -0.4 is 10.1 Å². The van der Waals surface area contributed by atoms with Crippen molar-refractivity contribution < 1.29 is 9.15 Å². The molecule has 0 aliphatic rings. The molecule has 2 aromatic rings. The van der Waals surface area contributed by atoms with E-state index in [1.807, 2.05) is 19.3 Å². The summed E-state index contributed by atoms with van der Waals surface area (Å²) in [5, 5.41) is 7.46. The van der Waals surface area contributed by atoms with Crippen LogP contribution >= 0.6 is 0 Å². The summed E-state index contributed by atoms with van der Waals surface area (Å²) in [5.74, 6) is 1.56. The lowest BCUT2D eigenvalue weighted by Gasteiger charge is -2.19. The second-order valence-corrected chi connectivity index (χ2v) is 5.66. The smallest absolute Gasteiger partial charge is 0.157 e. The highest BCUT2D eigenvalue weighted by Gasteiger charge is 2.10. The summed E-state index contributed by atoms with van der Waals surface area (Å²) in [6.45, 7) is 7.62. The molecule has 0 radical (unpaired) electrons. The Kier molecular flexibility index (Phi) is 3.95. The zero-order valence-corrected chi connectivity index (χ0v) is 11.9. The first-order chi connectivity index (χ1) is 8.92. The molecule has 0 fully saturated rings. The van der Waals surface area contributed by atoms with Gasteiger partial charge in [-0.25, -0.2) is 0 Å². The van der Waals surface area contributed by atoms with E-state index in [9.17, 15) is 0 Å². The van der Waals surface area contributed by atoms with E-state index in [0.29, 0.717) is 6.61 Å². The molecule has 2 rings (SSSR count). The van der Waals surface area contributed by atoms with E-state index in [2.05, 4.69) is 31.2 Å². The SMILES string of the molecule is Cn1cc(OCc2cc(CNC(C)(C)C)co2)cn1. The Morgan fingerprint density at radius 1 is 1.42 bits per heavy atom. The van der Waals surface area contributed by atoms with Crippen LogP contribution in [0.3, 0.4) is 0 Å². The first-order valence-electron chi connectivity index (χ1n) is 6.35. The van der Waals surface area contributed by atoms with Gasteiger partial charge in [-0.2, -0.15) is 5.10 Å². The second kappa shape index (κ2) is 5.48. The molecule has 1 N–H and O–H groups in total. The molecule has 0 unspecified atom stereocenters. The molecule has 0 atom stereocenters. The fourth-order valence-corrected chi connectivity index (χ4v) is 1.59. The van der Waals surface area contributed by atoms with Crippen molar-refractivity contribution in [3.8, 4) is 5.75 Å². The van der Waals surface area contributed by atoms with Gasteiger partial charge in [0.05, 0.1) is 18.7 Å². The largest absolute Gasteiger partial charge is 0.482 e. The second-order valence-electron chi connectivity index (χ2n) is 5.66. The van der Waals surface area contributed by atoms with Gasteiger partial charge in [0.25, 0.3) is 0 Å². The maximum Gasteiger partial charge on any atom is 0.157 e. The van der Waals surface area contributed by atoms with Crippen LogP contribution in [0.4, 0.5) is 0 Å². The van der Waals surface area contributed by atoms with Gasteiger partial charge >= 0.3 is 0 Å². The van der Waals surface area contributed by atoms with Crippen molar-refractivity contribution in [1.82, 2.24) is 15.1 Å². The zero-order valence-electron chi connectivity index (χ0n) is 11.9. The van der Waals surface area contributed by atoms with E-state index in [1.54, 1.807) is 17.1 Å². The molecule has 0 aliphatic heterocycles. The highest BCUT2D eigenvalue weighted by molar-refractivity contribution is 5.15. The molecule has 104 valence electrons. The van der Waals surface area contributed by atoms with Crippen molar-refractivity contribution in [1.29, 1.82) is 0 Å². The molecule has 0 saturated carbocycles. The maximum absolute atomic E-state index is 5.57. The third-order valence-corrected chi connectivity index (χ3v) is 2.59. The fourth-order valence-electron chi connectivity index (χ4n) is 1.59. The van der Waals surface area contributed by atoms with Crippen molar-refractivity contribution in [3.05, 3.63) is 36.0 Å². The van der Waals surface area contributed by atoms with Gasteiger partial charge in [-0.05, 0) is 26.8 Å². The molecular weight excluding hydrogens is 242 g/mol. The lowest BCUT2D eigenvalue weighted by atomic mass is 10.1. The zero-order chi connectivity index (χ0) is 13.9. The average molecular weight is 263 g/mol. The van der Waals surface area contributed by atoms with Gasteiger partial charge in [-0.3, -0.25) is 4.68 Å². The number of hydrogen-bond donors (Lipinski definition) is 1. The normalized spacial score (nSPS) is 11.8. The number of nitrogens with one attached hydrogen (secondary N) is 1. The molecule has 5 nitrogen and oxygen atoms in total. The highest BCUT2D eigenvalue weighted by atomic mass is 16.5. The molecular formula is C14H21N3O2. The summed E-state index contributed by atoms with van der Waals surface area (Å²) in [6.07, 6.45) is 5.27. The fraction of sp³-hybridized carbons (Fsp3) is 0.500. The Balaban J connectivity index is 1.84. The summed E-state index contributed by atoms with van der Waals surface area (Å²) in [5.41, 5.74) is 1.23. The molecule has 0 aliphatic carbocycles. The van der Waals surface area contributed by atoms with E-state index in [1.165, 1.54) is 0 Å². The van der Waals surface area contributed by atoms with E-state index in [0.717, 1.165) is 23.6 Å². The molecule has 2 aromatic heterocycles. The summed E-state index contributed by atoms with van der Waals surface area (Å²) in [4.78, 5) is 0. The van der Waals surface area contributed by atoms with Crippen LogP contribution in [0.1, 0.15) is 32.1 Å². The van der Waals surface area contributed by atoms with Crippen LogP contribution in [0.15, 0.2) is 29.1 Å². The van der Waals surface area contributed by atoms with Gasteiger partial charge in [-0.15, -0.1) is 0 Å². The summed E-state index contributed by atoms with van der Waals surface area (Å²) in [6, 6.07) is 2.01. The van der Waals surface area contributed by atoms with E-state index >= 15 is 0 Å². The van der Waals surface area contributed by atoms with Crippen molar-refractivity contribution in [2.45, 2.75) is 39.5 Å². The standard InChI is InChI=1S/C14H21N3O2/c1-14(2,3)15-6-11-5-12(18-9-11)10-19-13-7-16-17(4)8-13/h5,7-9,15H,6,10H2,1-4H3. The first-order valence-corrected chi connectivity index (χ1v) is 6.35. The van der Waals surface area contributed by atoms with Crippen molar-refractivity contribution in [3.63, 3.8) is 0 Å². The van der Waals surface area contributed by atoms with Crippen LogP contribution in [0.5, 0.6) is 5.75 Å². The van der Waals surface area contributed by atoms with Crippen LogP contribution in [-0.2, 0) is 20.2 Å². The molecule has 0 bridgehead atoms. The molecule has 5 heteroatoms. The number of ether oxygens (including phenoxy) is 1. The minimum Gasteiger partial charge on any atom is -0.482 e. The van der Waals surface area contributed by atoms with E-state index in [4.69, 9.17) is 9.15 Å². The third-order valence-electron chi connectivity index (χ3n) is 2.59. The van der Waals surface area contributed by atoms with Crippen LogP contribution in [0, 0.1) is 0 Å². The van der Waals surface area contributed by atoms with E-state index in [-0.39, 0.29) is 5.54 Å².